The van der Waals surface area contributed by atoms with Crippen molar-refractivity contribution in [3.63, 3.8) is 0 Å². The molecular weight excluding hydrogens is 210 g/mol. The SMILES string of the molecule is N#Cc1ccccc1N1CCCCC1CCN. The van der Waals surface area contributed by atoms with E-state index in [-0.39, 0.29) is 0 Å². The minimum atomic E-state index is 0.503. The molecule has 0 saturated carbocycles. The Labute approximate surface area is 103 Å². The van der Waals surface area contributed by atoms with Crippen molar-refractivity contribution >= 4 is 5.69 Å². The van der Waals surface area contributed by atoms with E-state index in [1.807, 2.05) is 24.3 Å². The fraction of sp³-hybridized carbons (Fsp3) is 0.500. The van der Waals surface area contributed by atoms with Crippen LogP contribution in [0.2, 0.25) is 0 Å². The molecule has 0 bridgehead atoms. The van der Waals surface area contributed by atoms with Crippen LogP contribution in [0.4, 0.5) is 5.69 Å². The third-order valence-electron chi connectivity index (χ3n) is 3.46. The molecular formula is C14H19N3. The first kappa shape index (κ1) is 11.9. The molecule has 90 valence electrons. The lowest BCUT2D eigenvalue weighted by Crippen LogP contribution is -2.41. The molecule has 3 nitrogen and oxygen atoms in total. The lowest BCUT2D eigenvalue weighted by Gasteiger charge is -2.38. The van der Waals surface area contributed by atoms with Crippen LogP contribution in [0, 0.1) is 11.3 Å². The molecule has 1 aliphatic rings. The maximum Gasteiger partial charge on any atom is 0.101 e. The van der Waals surface area contributed by atoms with Crippen LogP contribution < -0.4 is 10.6 Å². The van der Waals surface area contributed by atoms with E-state index in [0.29, 0.717) is 6.04 Å². The van der Waals surface area contributed by atoms with E-state index in [2.05, 4.69) is 11.0 Å². The molecule has 0 aliphatic carbocycles. The summed E-state index contributed by atoms with van der Waals surface area (Å²) in [5.74, 6) is 0. The summed E-state index contributed by atoms with van der Waals surface area (Å²) in [5.41, 5.74) is 7.53. The Morgan fingerprint density at radius 1 is 1.35 bits per heavy atom. The number of rotatable bonds is 3. The van der Waals surface area contributed by atoms with Gasteiger partial charge in [-0.2, -0.15) is 5.26 Å². The molecule has 2 rings (SSSR count). The molecule has 3 heteroatoms. The van der Waals surface area contributed by atoms with Crippen LogP contribution in [-0.4, -0.2) is 19.1 Å². The molecule has 1 saturated heterocycles. The van der Waals surface area contributed by atoms with Crippen molar-refractivity contribution in [1.82, 2.24) is 0 Å². The first-order valence-electron chi connectivity index (χ1n) is 6.32. The van der Waals surface area contributed by atoms with Gasteiger partial charge in [-0.3, -0.25) is 0 Å². The third-order valence-corrected chi connectivity index (χ3v) is 3.46. The number of para-hydroxylation sites is 1. The van der Waals surface area contributed by atoms with E-state index < -0.39 is 0 Å². The predicted octanol–water partition coefficient (Wildman–Crippen LogP) is 2.27. The van der Waals surface area contributed by atoms with Gasteiger partial charge >= 0.3 is 0 Å². The van der Waals surface area contributed by atoms with Crippen molar-refractivity contribution in [1.29, 1.82) is 5.26 Å². The highest BCUT2D eigenvalue weighted by atomic mass is 15.2. The van der Waals surface area contributed by atoms with Crippen LogP contribution in [-0.2, 0) is 0 Å². The molecule has 17 heavy (non-hydrogen) atoms. The van der Waals surface area contributed by atoms with Gasteiger partial charge in [0.15, 0.2) is 0 Å². The number of nitrogens with two attached hydrogens (primary N) is 1. The molecule has 1 atom stereocenters. The molecule has 1 aliphatic heterocycles. The third kappa shape index (κ3) is 2.59. The Balaban J connectivity index is 2.26. The zero-order valence-corrected chi connectivity index (χ0v) is 10.1. The minimum Gasteiger partial charge on any atom is -0.367 e. The summed E-state index contributed by atoms with van der Waals surface area (Å²) in [5, 5.41) is 9.16. The molecule has 1 aromatic rings. The van der Waals surface area contributed by atoms with Crippen LogP contribution in [0.1, 0.15) is 31.2 Å². The lowest BCUT2D eigenvalue weighted by atomic mass is 9.97. The van der Waals surface area contributed by atoms with Gasteiger partial charge in [0.25, 0.3) is 0 Å². The monoisotopic (exact) mass is 229 g/mol. The fourth-order valence-electron chi connectivity index (χ4n) is 2.63. The lowest BCUT2D eigenvalue weighted by molar-refractivity contribution is 0.441. The van der Waals surface area contributed by atoms with Crippen LogP contribution in [0.5, 0.6) is 0 Å². The molecule has 0 spiro atoms. The van der Waals surface area contributed by atoms with Gasteiger partial charge in [0.1, 0.15) is 6.07 Å². The smallest absolute Gasteiger partial charge is 0.101 e. The number of nitrogens with zero attached hydrogens (tertiary/aromatic N) is 2. The molecule has 1 unspecified atom stereocenters. The molecule has 1 fully saturated rings. The summed E-state index contributed by atoms with van der Waals surface area (Å²) in [4.78, 5) is 2.37. The van der Waals surface area contributed by atoms with Crippen molar-refractivity contribution in [2.75, 3.05) is 18.0 Å². The zero-order valence-electron chi connectivity index (χ0n) is 10.1. The molecule has 0 aromatic heterocycles. The maximum absolute atomic E-state index is 9.16. The van der Waals surface area contributed by atoms with E-state index in [9.17, 15) is 0 Å². The second kappa shape index (κ2) is 5.70. The molecule has 0 amide bonds. The van der Waals surface area contributed by atoms with Crippen LogP contribution in [0.3, 0.4) is 0 Å². The number of hydrogen-bond donors (Lipinski definition) is 1. The first-order chi connectivity index (χ1) is 8.36. The maximum atomic E-state index is 9.16. The van der Waals surface area contributed by atoms with Gasteiger partial charge in [0, 0.05) is 12.6 Å². The molecule has 0 radical (unpaired) electrons. The Morgan fingerprint density at radius 2 is 2.18 bits per heavy atom. The van der Waals surface area contributed by atoms with Crippen molar-refractivity contribution in [3.05, 3.63) is 29.8 Å². The highest BCUT2D eigenvalue weighted by molar-refractivity contribution is 5.60. The van der Waals surface area contributed by atoms with Gasteiger partial charge < -0.3 is 10.6 Å². The number of anilines is 1. The summed E-state index contributed by atoms with van der Waals surface area (Å²) < 4.78 is 0. The van der Waals surface area contributed by atoms with Crippen molar-refractivity contribution in [2.24, 2.45) is 5.73 Å². The molecule has 1 heterocycles. The van der Waals surface area contributed by atoms with Gasteiger partial charge in [0.05, 0.1) is 11.3 Å². The number of piperidine rings is 1. The predicted molar refractivity (Wildman–Crippen MR) is 69.8 cm³/mol. The van der Waals surface area contributed by atoms with Crippen LogP contribution in [0.25, 0.3) is 0 Å². The Hall–Kier alpha value is -1.53. The van der Waals surface area contributed by atoms with Gasteiger partial charge in [-0.15, -0.1) is 0 Å². The normalized spacial score (nSPS) is 20.0. The van der Waals surface area contributed by atoms with E-state index in [1.54, 1.807) is 0 Å². The van der Waals surface area contributed by atoms with E-state index in [4.69, 9.17) is 11.0 Å². The topological polar surface area (TPSA) is 53.0 Å². The van der Waals surface area contributed by atoms with E-state index >= 15 is 0 Å². The summed E-state index contributed by atoms with van der Waals surface area (Å²) in [6.45, 7) is 1.76. The average molecular weight is 229 g/mol. The second-order valence-electron chi connectivity index (χ2n) is 4.55. The molecule has 1 aromatic carbocycles. The minimum absolute atomic E-state index is 0.503. The molecule has 2 N–H and O–H groups in total. The van der Waals surface area contributed by atoms with Crippen molar-refractivity contribution < 1.29 is 0 Å². The Bertz CT molecular complexity index is 406. The quantitative estimate of drug-likeness (QED) is 0.865. The number of benzene rings is 1. The van der Waals surface area contributed by atoms with Gasteiger partial charge in [0.2, 0.25) is 0 Å². The summed E-state index contributed by atoms with van der Waals surface area (Å²) >= 11 is 0. The second-order valence-corrected chi connectivity index (χ2v) is 4.55. The van der Waals surface area contributed by atoms with Gasteiger partial charge in [-0.05, 0) is 44.4 Å². The first-order valence-corrected chi connectivity index (χ1v) is 6.32. The average Bonchev–Trinajstić information content (AvgIpc) is 2.40. The van der Waals surface area contributed by atoms with E-state index in [0.717, 1.165) is 30.8 Å². The largest absolute Gasteiger partial charge is 0.367 e. The summed E-state index contributed by atoms with van der Waals surface area (Å²) in [6.07, 6.45) is 4.69. The highest BCUT2D eigenvalue weighted by Gasteiger charge is 2.23. The summed E-state index contributed by atoms with van der Waals surface area (Å²) in [6, 6.07) is 10.7. The Kier molecular flexibility index (Phi) is 4.00. The van der Waals surface area contributed by atoms with Crippen LogP contribution >= 0.6 is 0 Å². The van der Waals surface area contributed by atoms with Gasteiger partial charge in [-0.1, -0.05) is 12.1 Å². The number of hydrogen-bond acceptors (Lipinski definition) is 3. The Morgan fingerprint density at radius 3 is 2.94 bits per heavy atom. The van der Waals surface area contributed by atoms with Gasteiger partial charge in [-0.25, -0.2) is 0 Å². The highest BCUT2D eigenvalue weighted by Crippen LogP contribution is 2.28. The number of nitriles is 1. The summed E-state index contributed by atoms with van der Waals surface area (Å²) in [7, 11) is 0. The fourth-order valence-corrected chi connectivity index (χ4v) is 2.63. The van der Waals surface area contributed by atoms with E-state index in [1.165, 1.54) is 19.3 Å². The van der Waals surface area contributed by atoms with Crippen molar-refractivity contribution in [2.45, 2.75) is 31.7 Å². The van der Waals surface area contributed by atoms with Crippen molar-refractivity contribution in [3.8, 4) is 6.07 Å². The zero-order chi connectivity index (χ0) is 12.1. The van der Waals surface area contributed by atoms with Crippen LogP contribution in [0.15, 0.2) is 24.3 Å². The standard InChI is InChI=1S/C14H19N3/c15-9-8-13-6-3-4-10-17(13)14-7-2-1-5-12(14)11-16/h1-2,5,7,13H,3-4,6,8-10,15H2.